The maximum atomic E-state index is 14.7. The Morgan fingerprint density at radius 2 is 1.61 bits per heavy atom. The Kier molecular flexibility index (Phi) is 6.15. The predicted molar refractivity (Wildman–Crippen MR) is 102 cm³/mol. The van der Waals surface area contributed by atoms with Crippen molar-refractivity contribution in [2.45, 2.75) is 0 Å². The van der Waals surface area contributed by atoms with Crippen LogP contribution in [0.15, 0.2) is 55.0 Å². The van der Waals surface area contributed by atoms with Gasteiger partial charge >= 0.3 is 5.70 Å². The smallest absolute Gasteiger partial charge is 0.281 e. The first-order chi connectivity index (χ1) is 14.9. The van der Waals surface area contributed by atoms with E-state index < -0.39 is 51.4 Å². The number of carbonyl (C=O) groups excluding carboxylic acids is 1. The summed E-state index contributed by atoms with van der Waals surface area (Å²) in [6, 6.07) is 10.7. The lowest BCUT2D eigenvalue weighted by molar-refractivity contribution is -0.575. The maximum absolute atomic E-state index is 14.7. The molecule has 0 radical (unpaired) electrons. The van der Waals surface area contributed by atoms with Gasteiger partial charge in [0.2, 0.25) is 0 Å². The summed E-state index contributed by atoms with van der Waals surface area (Å²) in [4.78, 5) is 16.9. The van der Waals surface area contributed by atoms with Crippen molar-refractivity contribution in [2.24, 2.45) is 0 Å². The summed E-state index contributed by atoms with van der Waals surface area (Å²) in [5, 5.41) is 16.9. The van der Waals surface area contributed by atoms with Crippen molar-refractivity contribution in [3.05, 3.63) is 95.1 Å². The molecule has 0 atom stereocenters. The first-order valence-corrected chi connectivity index (χ1v) is 8.60. The molecule has 0 aliphatic heterocycles. The molecule has 5 nitrogen and oxygen atoms in total. The van der Waals surface area contributed by atoms with Crippen LogP contribution in [0.3, 0.4) is 0 Å². The zero-order valence-electron chi connectivity index (χ0n) is 15.5. The van der Waals surface area contributed by atoms with Crippen LogP contribution in [-0.4, -0.2) is 16.6 Å². The monoisotopic (exact) mass is 423 g/mol. The maximum Gasteiger partial charge on any atom is 0.321 e. The first kappa shape index (κ1) is 21.3. The number of hydrogen-bond donors (Lipinski definition) is 1. The van der Waals surface area contributed by atoms with Gasteiger partial charge in [0.05, 0.1) is 28.8 Å². The quantitative estimate of drug-likeness (QED) is 0.0986. The van der Waals surface area contributed by atoms with Crippen LogP contribution in [0.25, 0.3) is 17.3 Å². The van der Waals surface area contributed by atoms with Gasteiger partial charge in [-0.25, -0.2) is 17.6 Å². The van der Waals surface area contributed by atoms with Gasteiger partial charge in [-0.3, -0.25) is 15.2 Å². The number of nitrogens with zero attached hydrogens (tertiary/aromatic N) is 3. The second kappa shape index (κ2) is 8.95. The third kappa shape index (κ3) is 4.01. The topological polar surface area (TPSA) is 81.5 Å². The minimum Gasteiger partial charge on any atom is -0.281 e. The van der Waals surface area contributed by atoms with Crippen LogP contribution in [0.4, 0.5) is 17.6 Å². The van der Waals surface area contributed by atoms with E-state index in [9.17, 15) is 27.6 Å². The second-order valence-electron chi connectivity index (χ2n) is 6.02. The van der Waals surface area contributed by atoms with Crippen molar-refractivity contribution >= 4 is 29.0 Å². The van der Waals surface area contributed by atoms with E-state index in [4.69, 9.17) is 5.41 Å². The molecule has 3 aromatic rings. The van der Waals surface area contributed by atoms with Gasteiger partial charge in [0.1, 0.15) is 0 Å². The van der Waals surface area contributed by atoms with Gasteiger partial charge in [0.25, 0.3) is 5.78 Å². The van der Waals surface area contributed by atoms with Crippen molar-refractivity contribution in [1.82, 2.24) is 4.98 Å². The molecular weight excluding hydrogens is 412 g/mol. The van der Waals surface area contributed by atoms with E-state index in [1.165, 1.54) is 36.8 Å². The van der Waals surface area contributed by atoms with Gasteiger partial charge in [-0.1, -0.05) is 12.1 Å². The van der Waals surface area contributed by atoms with Crippen molar-refractivity contribution in [3.8, 4) is 6.07 Å². The molecular formula is C22H11F4N4O+. The number of nitrogens with one attached hydrogen (secondary N) is 1. The Hall–Kier alpha value is -4.41. The first-order valence-electron chi connectivity index (χ1n) is 8.60. The van der Waals surface area contributed by atoms with E-state index >= 15 is 0 Å². The highest BCUT2D eigenvalue weighted by Crippen LogP contribution is 2.31. The number of rotatable bonds is 5. The average molecular weight is 423 g/mol. The highest BCUT2D eigenvalue weighted by Gasteiger charge is 2.35. The van der Waals surface area contributed by atoms with Crippen molar-refractivity contribution in [1.29, 1.82) is 10.7 Å². The largest absolute Gasteiger partial charge is 0.321 e. The SMILES string of the molecule is N#C/C(=C\c1ccccn1)c1c(F)c(F)c(F)c(F)c1C(=O)C(=C=N)[n+]1ccccc1. The third-order valence-electron chi connectivity index (χ3n) is 4.17. The summed E-state index contributed by atoms with van der Waals surface area (Å²) >= 11 is 0. The number of ketones is 1. The Bertz CT molecular complexity index is 1290. The zero-order chi connectivity index (χ0) is 22.5. The summed E-state index contributed by atoms with van der Waals surface area (Å²) in [6.07, 6.45) is 4.99. The Labute approximate surface area is 173 Å². The molecule has 2 heterocycles. The number of halogens is 4. The van der Waals surface area contributed by atoms with E-state index in [-0.39, 0.29) is 5.69 Å². The second-order valence-corrected chi connectivity index (χ2v) is 6.02. The molecule has 31 heavy (non-hydrogen) atoms. The minimum atomic E-state index is -2.22. The molecule has 0 saturated heterocycles. The van der Waals surface area contributed by atoms with Crippen LogP contribution >= 0.6 is 0 Å². The van der Waals surface area contributed by atoms with Gasteiger partial charge in [0, 0.05) is 23.9 Å². The molecule has 0 amide bonds. The number of hydrogen-bond acceptors (Lipinski definition) is 4. The lowest BCUT2D eigenvalue weighted by Gasteiger charge is -2.11. The molecule has 0 spiro atoms. The van der Waals surface area contributed by atoms with Crippen LogP contribution < -0.4 is 4.57 Å². The van der Waals surface area contributed by atoms with Crippen LogP contribution in [-0.2, 0) is 0 Å². The molecule has 0 aliphatic carbocycles. The molecule has 0 saturated carbocycles. The Morgan fingerprint density at radius 1 is 0.968 bits per heavy atom. The Balaban J connectivity index is 2.33. The van der Waals surface area contributed by atoms with E-state index in [0.717, 1.165) is 10.6 Å². The van der Waals surface area contributed by atoms with Gasteiger partial charge < -0.3 is 0 Å². The number of Topliss-reactive ketones (excluding diaryl/α,β-unsaturated/α-hetero) is 1. The molecule has 1 N–H and O–H groups in total. The fraction of sp³-hybridized carbons (Fsp3) is 0. The number of aromatic nitrogens is 2. The molecule has 152 valence electrons. The lowest BCUT2D eigenvalue weighted by Crippen LogP contribution is -2.36. The highest BCUT2D eigenvalue weighted by molar-refractivity contribution is 6.29. The van der Waals surface area contributed by atoms with E-state index in [1.807, 2.05) is 0 Å². The fourth-order valence-corrected chi connectivity index (χ4v) is 2.77. The average Bonchev–Trinajstić information content (AvgIpc) is 2.80. The molecule has 0 bridgehead atoms. The number of benzene rings is 1. The molecule has 9 heteroatoms. The van der Waals surface area contributed by atoms with Crippen molar-refractivity contribution in [3.63, 3.8) is 0 Å². The molecule has 3 rings (SSSR count). The van der Waals surface area contributed by atoms with Crippen molar-refractivity contribution < 1.29 is 26.9 Å². The number of carbonyl (C=O) groups is 1. The van der Waals surface area contributed by atoms with E-state index in [2.05, 4.69) is 4.98 Å². The summed E-state index contributed by atoms with van der Waals surface area (Å²) in [5.74, 6) is -7.90. The lowest BCUT2D eigenvalue weighted by atomic mass is 9.93. The molecule has 0 unspecified atom stereocenters. The third-order valence-corrected chi connectivity index (χ3v) is 4.17. The molecule has 1 aromatic carbocycles. The summed E-state index contributed by atoms with van der Waals surface area (Å²) < 4.78 is 58.6. The van der Waals surface area contributed by atoms with Crippen LogP contribution in [0.5, 0.6) is 0 Å². The van der Waals surface area contributed by atoms with E-state index in [1.54, 1.807) is 30.1 Å². The summed E-state index contributed by atoms with van der Waals surface area (Å²) in [7, 11) is 0. The van der Waals surface area contributed by atoms with Gasteiger partial charge in [0.15, 0.2) is 35.7 Å². The standard InChI is InChI=1S/C22H11F4N4O/c23-18-16(13(11-27)10-14-6-2-3-7-29-14)17(19(24)21(26)20(18)25)22(31)15(12-28)30-8-4-1-5-9-30/h1-10,28H/q+1/b13-10+. The number of allylic oxidation sites excluding steroid dienone is 2. The van der Waals surface area contributed by atoms with Crippen LogP contribution in [0.1, 0.15) is 21.6 Å². The number of nitriles is 1. The number of pyridine rings is 2. The van der Waals surface area contributed by atoms with Gasteiger partial charge in [-0.05, 0) is 18.2 Å². The normalized spacial score (nSPS) is 10.9. The summed E-state index contributed by atoms with van der Waals surface area (Å²) in [5.41, 5.74) is -3.48. The van der Waals surface area contributed by atoms with Crippen LogP contribution in [0, 0.1) is 40.0 Å². The highest BCUT2D eigenvalue weighted by atomic mass is 19.2. The molecule has 2 aromatic heterocycles. The van der Waals surface area contributed by atoms with E-state index in [0.29, 0.717) is 0 Å². The molecule has 0 aliphatic rings. The minimum absolute atomic E-state index is 0.127. The zero-order valence-corrected chi connectivity index (χ0v) is 15.5. The van der Waals surface area contributed by atoms with Crippen LogP contribution in [0.2, 0.25) is 0 Å². The van der Waals surface area contributed by atoms with Gasteiger partial charge in [-0.2, -0.15) is 9.83 Å². The summed E-state index contributed by atoms with van der Waals surface area (Å²) in [6.45, 7) is 0. The Morgan fingerprint density at radius 3 is 2.16 bits per heavy atom. The predicted octanol–water partition coefficient (Wildman–Crippen LogP) is 3.96. The van der Waals surface area contributed by atoms with Gasteiger partial charge in [-0.15, -0.1) is 0 Å². The van der Waals surface area contributed by atoms with Crippen molar-refractivity contribution in [2.75, 3.05) is 0 Å². The fourth-order valence-electron chi connectivity index (χ4n) is 2.77. The molecule has 0 fully saturated rings.